The van der Waals surface area contributed by atoms with Gasteiger partial charge in [-0.2, -0.15) is 0 Å². The first-order valence-corrected chi connectivity index (χ1v) is 10.3. The second-order valence-electron chi connectivity index (χ2n) is 7.76. The number of carbonyl (C=O) groups excluding carboxylic acids is 3. The number of ketones is 1. The quantitative estimate of drug-likeness (QED) is 0.556. The molecule has 2 aromatic rings. The van der Waals surface area contributed by atoms with Crippen LogP contribution in [0.15, 0.2) is 54.7 Å². The molecular weight excluding hydrogens is 426 g/mol. The molecule has 3 amide bonds. The number of carbonyl (C=O) groups is 4. The first-order valence-electron chi connectivity index (χ1n) is 10.3. The van der Waals surface area contributed by atoms with Crippen LogP contribution in [0, 0.1) is 13.8 Å². The summed E-state index contributed by atoms with van der Waals surface area (Å²) in [6.07, 6.45) is 2.09. The van der Waals surface area contributed by atoms with Gasteiger partial charge in [0.05, 0.1) is 12.5 Å². The third kappa shape index (κ3) is 5.76. The van der Waals surface area contributed by atoms with E-state index in [-0.39, 0.29) is 0 Å². The van der Waals surface area contributed by atoms with Crippen molar-refractivity contribution in [1.82, 2.24) is 15.5 Å². The third-order valence-corrected chi connectivity index (χ3v) is 5.19. The predicted octanol–water partition coefficient (Wildman–Crippen LogP) is 2.83. The van der Waals surface area contributed by atoms with Crippen molar-refractivity contribution < 1.29 is 29.0 Å². The maximum atomic E-state index is 12.5. The van der Waals surface area contributed by atoms with Gasteiger partial charge >= 0.3 is 12.0 Å². The van der Waals surface area contributed by atoms with E-state index in [1.54, 1.807) is 24.3 Å². The zero-order valence-electron chi connectivity index (χ0n) is 18.5. The zero-order chi connectivity index (χ0) is 24.1. The van der Waals surface area contributed by atoms with Gasteiger partial charge in [0.1, 0.15) is 11.5 Å². The van der Waals surface area contributed by atoms with Crippen LogP contribution in [-0.2, 0) is 14.4 Å². The Balaban J connectivity index is 1.79. The summed E-state index contributed by atoms with van der Waals surface area (Å²) < 4.78 is 6.02. The molecule has 2 atom stereocenters. The SMILES string of the molecule is Cc1cccc(C)c1Oc1cccc(C(CC(=O)O)NC(=O)NC2C(=O)C=CN(C)C2=O)c1. The number of rotatable bonds is 7. The van der Waals surface area contributed by atoms with Gasteiger partial charge in [-0.1, -0.05) is 30.3 Å². The van der Waals surface area contributed by atoms with Crippen LogP contribution in [-0.4, -0.2) is 46.8 Å². The molecule has 0 aliphatic carbocycles. The number of amides is 3. The lowest BCUT2D eigenvalue weighted by molar-refractivity contribution is -0.138. The largest absolute Gasteiger partial charge is 0.481 e. The number of nitrogens with one attached hydrogen (secondary N) is 2. The number of ether oxygens (including phenoxy) is 1. The van der Waals surface area contributed by atoms with Crippen LogP contribution in [0.1, 0.15) is 29.2 Å². The third-order valence-electron chi connectivity index (χ3n) is 5.19. The number of aliphatic carboxylic acids is 1. The van der Waals surface area contributed by atoms with Crippen molar-refractivity contribution in [2.24, 2.45) is 0 Å². The van der Waals surface area contributed by atoms with E-state index in [2.05, 4.69) is 10.6 Å². The van der Waals surface area contributed by atoms with Crippen LogP contribution >= 0.6 is 0 Å². The van der Waals surface area contributed by atoms with Crippen LogP contribution in [0.4, 0.5) is 4.79 Å². The number of carboxylic acids is 1. The molecule has 9 nitrogen and oxygen atoms in total. The lowest BCUT2D eigenvalue weighted by atomic mass is 10.0. The Morgan fingerprint density at radius 1 is 1.12 bits per heavy atom. The molecule has 0 spiro atoms. The fourth-order valence-corrected chi connectivity index (χ4v) is 3.44. The van der Waals surface area contributed by atoms with Crippen molar-refractivity contribution in [2.75, 3.05) is 7.05 Å². The summed E-state index contributed by atoms with van der Waals surface area (Å²) in [5.41, 5.74) is 2.39. The van der Waals surface area contributed by atoms with Crippen molar-refractivity contribution in [3.63, 3.8) is 0 Å². The number of urea groups is 1. The molecule has 0 radical (unpaired) electrons. The van der Waals surface area contributed by atoms with Crippen LogP contribution in [0.5, 0.6) is 11.5 Å². The summed E-state index contributed by atoms with van der Waals surface area (Å²) in [5, 5.41) is 14.2. The molecule has 0 saturated carbocycles. The lowest BCUT2D eigenvalue weighted by Crippen LogP contribution is -2.55. The zero-order valence-corrected chi connectivity index (χ0v) is 18.5. The van der Waals surface area contributed by atoms with Gasteiger partial charge in [-0.05, 0) is 42.7 Å². The number of hydrogen-bond donors (Lipinski definition) is 3. The highest BCUT2D eigenvalue weighted by Gasteiger charge is 2.32. The average Bonchev–Trinajstić information content (AvgIpc) is 2.76. The number of carboxylic acid groups (broad SMARTS) is 1. The molecule has 3 N–H and O–H groups in total. The maximum absolute atomic E-state index is 12.5. The lowest BCUT2D eigenvalue weighted by Gasteiger charge is -2.25. The minimum atomic E-state index is -1.37. The summed E-state index contributed by atoms with van der Waals surface area (Å²) in [6, 6.07) is 9.38. The molecule has 0 saturated heterocycles. The van der Waals surface area contributed by atoms with Gasteiger partial charge in [-0.3, -0.25) is 14.4 Å². The maximum Gasteiger partial charge on any atom is 0.316 e. The Bertz CT molecular complexity index is 1110. The van der Waals surface area contributed by atoms with Crippen LogP contribution in [0.25, 0.3) is 0 Å². The summed E-state index contributed by atoms with van der Waals surface area (Å²) in [5.74, 6) is -1.11. The predicted molar refractivity (Wildman–Crippen MR) is 120 cm³/mol. The minimum absolute atomic E-state index is 0.410. The number of likely N-dealkylation sites (N-methyl/N-ethyl adjacent to an activating group) is 1. The van der Waals surface area contributed by atoms with Gasteiger partial charge in [0.25, 0.3) is 5.91 Å². The number of nitrogens with zero attached hydrogens (tertiary/aromatic N) is 1. The van der Waals surface area contributed by atoms with Crippen molar-refractivity contribution in [3.8, 4) is 11.5 Å². The summed E-state index contributed by atoms with van der Waals surface area (Å²) in [6.45, 7) is 3.84. The van der Waals surface area contributed by atoms with Gasteiger partial charge in [-0.25, -0.2) is 4.79 Å². The molecule has 33 heavy (non-hydrogen) atoms. The van der Waals surface area contributed by atoms with Gasteiger partial charge < -0.3 is 25.4 Å². The number of para-hydroxylation sites is 1. The molecule has 3 rings (SSSR count). The monoisotopic (exact) mass is 451 g/mol. The standard InChI is InChI=1S/C24H25N3O6/c1-14-6-4-7-15(2)22(14)33-17-9-5-8-16(12-17)18(13-20(29)30)25-24(32)26-21-19(28)10-11-27(3)23(21)31/h4-12,18,21H,13H2,1-3H3,(H,29,30)(H2,25,26,32). The molecule has 0 bridgehead atoms. The van der Waals surface area contributed by atoms with E-state index < -0.39 is 42.2 Å². The minimum Gasteiger partial charge on any atom is -0.481 e. The topological polar surface area (TPSA) is 125 Å². The van der Waals surface area contributed by atoms with E-state index in [9.17, 15) is 24.3 Å². The fraction of sp³-hybridized carbons (Fsp3) is 0.250. The normalized spacial score (nSPS) is 16.3. The second-order valence-corrected chi connectivity index (χ2v) is 7.76. The Kier molecular flexibility index (Phi) is 7.12. The molecule has 9 heteroatoms. The van der Waals surface area contributed by atoms with Crippen molar-refractivity contribution in [2.45, 2.75) is 32.4 Å². The fourth-order valence-electron chi connectivity index (χ4n) is 3.44. The molecule has 0 fully saturated rings. The molecule has 1 aliphatic rings. The van der Waals surface area contributed by atoms with Crippen LogP contribution in [0.3, 0.4) is 0 Å². The van der Waals surface area contributed by atoms with E-state index in [1.165, 1.54) is 24.2 Å². The van der Waals surface area contributed by atoms with Crippen molar-refractivity contribution >= 4 is 23.7 Å². The first-order chi connectivity index (χ1) is 15.7. The molecule has 2 aromatic carbocycles. The molecule has 2 unspecified atom stereocenters. The highest BCUT2D eigenvalue weighted by atomic mass is 16.5. The van der Waals surface area contributed by atoms with E-state index in [4.69, 9.17) is 4.74 Å². The van der Waals surface area contributed by atoms with Crippen LogP contribution in [0.2, 0.25) is 0 Å². The van der Waals surface area contributed by atoms with E-state index >= 15 is 0 Å². The second kappa shape index (κ2) is 9.99. The molecule has 172 valence electrons. The average molecular weight is 451 g/mol. The van der Waals surface area contributed by atoms with Gasteiger partial charge in [-0.15, -0.1) is 0 Å². The van der Waals surface area contributed by atoms with Gasteiger partial charge in [0, 0.05) is 19.3 Å². The molecule has 1 heterocycles. The summed E-state index contributed by atoms with van der Waals surface area (Å²) in [4.78, 5) is 49.4. The summed E-state index contributed by atoms with van der Waals surface area (Å²) in [7, 11) is 1.47. The number of aryl methyl sites for hydroxylation is 2. The van der Waals surface area contributed by atoms with Gasteiger partial charge in [0.15, 0.2) is 11.8 Å². The highest BCUT2D eigenvalue weighted by molar-refractivity contribution is 6.14. The van der Waals surface area contributed by atoms with E-state index in [0.29, 0.717) is 17.1 Å². The molecule has 0 aromatic heterocycles. The smallest absolute Gasteiger partial charge is 0.316 e. The Labute approximate surface area is 191 Å². The van der Waals surface area contributed by atoms with Gasteiger partial charge in [0.2, 0.25) is 0 Å². The van der Waals surface area contributed by atoms with Crippen LogP contribution < -0.4 is 15.4 Å². The first kappa shape index (κ1) is 23.5. The molecule has 1 aliphatic heterocycles. The Hall–Kier alpha value is -4.14. The summed E-state index contributed by atoms with van der Waals surface area (Å²) >= 11 is 0. The molecular formula is C24H25N3O6. The van der Waals surface area contributed by atoms with Crippen molar-refractivity contribution in [1.29, 1.82) is 0 Å². The Morgan fingerprint density at radius 3 is 2.45 bits per heavy atom. The Morgan fingerprint density at radius 2 is 1.79 bits per heavy atom. The van der Waals surface area contributed by atoms with E-state index in [1.807, 2.05) is 32.0 Å². The van der Waals surface area contributed by atoms with Crippen molar-refractivity contribution in [3.05, 3.63) is 71.4 Å². The number of hydrogen-bond acceptors (Lipinski definition) is 5. The number of benzene rings is 2. The van der Waals surface area contributed by atoms with E-state index in [0.717, 1.165) is 11.1 Å². The highest BCUT2D eigenvalue weighted by Crippen LogP contribution is 2.30.